The number of hydrogen-bond acceptors (Lipinski definition) is 2. The standard InChI is InChI=1S/C15H17FN4S/c1-3-20-14-13(10(2)18-20)17-15(21)19(14)9-8-11-4-6-12(16)7-5-11/h4-7H,3,8-9H2,1-2H3,(H,17,21). The predicted octanol–water partition coefficient (Wildman–Crippen LogP) is 3.61. The van der Waals surface area contributed by atoms with Crippen LogP contribution in [0.1, 0.15) is 18.2 Å². The van der Waals surface area contributed by atoms with Crippen molar-refractivity contribution in [3.8, 4) is 0 Å². The number of fused-ring (bicyclic) bond motifs is 1. The summed E-state index contributed by atoms with van der Waals surface area (Å²) >= 11 is 5.42. The Kier molecular flexibility index (Phi) is 3.63. The van der Waals surface area contributed by atoms with E-state index in [4.69, 9.17) is 12.2 Å². The van der Waals surface area contributed by atoms with Gasteiger partial charge in [-0.3, -0.25) is 0 Å². The van der Waals surface area contributed by atoms with E-state index >= 15 is 0 Å². The second-order valence-corrected chi connectivity index (χ2v) is 5.44. The van der Waals surface area contributed by atoms with E-state index in [2.05, 4.69) is 21.6 Å². The van der Waals surface area contributed by atoms with Gasteiger partial charge in [0.25, 0.3) is 0 Å². The Bertz CT molecular complexity index is 826. The van der Waals surface area contributed by atoms with Crippen molar-refractivity contribution >= 4 is 23.4 Å². The third-order valence-corrected chi connectivity index (χ3v) is 3.99. The second-order valence-electron chi connectivity index (χ2n) is 5.06. The first-order chi connectivity index (χ1) is 10.1. The molecule has 1 aromatic carbocycles. The molecule has 0 aliphatic rings. The summed E-state index contributed by atoms with van der Waals surface area (Å²) in [5.41, 5.74) is 4.08. The molecule has 0 bridgehead atoms. The molecule has 0 aliphatic carbocycles. The fourth-order valence-electron chi connectivity index (χ4n) is 2.58. The molecule has 0 spiro atoms. The highest BCUT2D eigenvalue weighted by Gasteiger charge is 2.13. The van der Waals surface area contributed by atoms with E-state index in [-0.39, 0.29) is 5.82 Å². The van der Waals surface area contributed by atoms with E-state index in [1.807, 2.05) is 23.7 Å². The summed E-state index contributed by atoms with van der Waals surface area (Å²) in [7, 11) is 0. The number of nitrogens with zero attached hydrogens (tertiary/aromatic N) is 3. The minimum absolute atomic E-state index is 0.209. The fourth-order valence-corrected chi connectivity index (χ4v) is 2.86. The summed E-state index contributed by atoms with van der Waals surface area (Å²) < 4.78 is 17.7. The topological polar surface area (TPSA) is 38.5 Å². The number of hydrogen-bond donors (Lipinski definition) is 1. The monoisotopic (exact) mass is 304 g/mol. The number of imidazole rings is 1. The van der Waals surface area contributed by atoms with Gasteiger partial charge in [-0.1, -0.05) is 12.1 Å². The van der Waals surface area contributed by atoms with Gasteiger partial charge in [0.05, 0.1) is 5.69 Å². The van der Waals surface area contributed by atoms with Crippen LogP contribution in [0.5, 0.6) is 0 Å². The van der Waals surface area contributed by atoms with E-state index in [0.29, 0.717) is 4.77 Å². The quantitative estimate of drug-likeness (QED) is 0.748. The van der Waals surface area contributed by atoms with E-state index in [0.717, 1.165) is 41.9 Å². The van der Waals surface area contributed by atoms with Crippen LogP contribution in [-0.2, 0) is 19.5 Å². The summed E-state index contributed by atoms with van der Waals surface area (Å²) in [6.45, 7) is 5.58. The van der Waals surface area contributed by atoms with Gasteiger partial charge in [-0.15, -0.1) is 0 Å². The number of H-pyrrole nitrogens is 1. The Hall–Kier alpha value is -1.95. The maximum atomic E-state index is 12.9. The molecule has 4 nitrogen and oxygen atoms in total. The van der Waals surface area contributed by atoms with Crippen LogP contribution in [0.2, 0.25) is 0 Å². The van der Waals surface area contributed by atoms with Crippen LogP contribution >= 0.6 is 12.2 Å². The maximum absolute atomic E-state index is 12.9. The third kappa shape index (κ3) is 2.51. The van der Waals surface area contributed by atoms with Gasteiger partial charge < -0.3 is 9.55 Å². The molecular weight excluding hydrogens is 287 g/mol. The van der Waals surface area contributed by atoms with Crippen LogP contribution in [0, 0.1) is 17.5 Å². The van der Waals surface area contributed by atoms with Crippen molar-refractivity contribution in [2.45, 2.75) is 33.4 Å². The van der Waals surface area contributed by atoms with Crippen LogP contribution in [0.15, 0.2) is 24.3 Å². The highest BCUT2D eigenvalue weighted by Crippen LogP contribution is 2.18. The first-order valence-corrected chi connectivity index (χ1v) is 7.41. The van der Waals surface area contributed by atoms with Gasteiger partial charge in [-0.2, -0.15) is 5.10 Å². The largest absolute Gasteiger partial charge is 0.328 e. The van der Waals surface area contributed by atoms with Gasteiger partial charge in [0.1, 0.15) is 11.3 Å². The molecule has 110 valence electrons. The number of aromatic nitrogens is 4. The van der Waals surface area contributed by atoms with Crippen LogP contribution in [-0.4, -0.2) is 19.3 Å². The molecule has 2 aromatic heterocycles. The van der Waals surface area contributed by atoms with Crippen molar-refractivity contribution in [1.82, 2.24) is 19.3 Å². The molecule has 6 heteroatoms. The first-order valence-electron chi connectivity index (χ1n) is 7.00. The lowest BCUT2D eigenvalue weighted by molar-refractivity contribution is 0.618. The van der Waals surface area contributed by atoms with Crippen LogP contribution in [0.4, 0.5) is 4.39 Å². The number of nitrogens with one attached hydrogen (secondary N) is 1. The molecule has 0 radical (unpaired) electrons. The van der Waals surface area contributed by atoms with Crippen LogP contribution in [0.3, 0.4) is 0 Å². The molecule has 0 amide bonds. The number of aryl methyl sites for hydroxylation is 4. The highest BCUT2D eigenvalue weighted by molar-refractivity contribution is 7.71. The van der Waals surface area contributed by atoms with Crippen molar-refractivity contribution in [1.29, 1.82) is 0 Å². The summed E-state index contributed by atoms with van der Waals surface area (Å²) in [6, 6.07) is 6.60. The molecule has 0 fully saturated rings. The normalized spacial score (nSPS) is 11.4. The van der Waals surface area contributed by atoms with Crippen molar-refractivity contribution in [3.05, 3.63) is 46.1 Å². The maximum Gasteiger partial charge on any atom is 0.179 e. The molecule has 0 saturated carbocycles. The van der Waals surface area contributed by atoms with Crippen molar-refractivity contribution in [2.24, 2.45) is 0 Å². The summed E-state index contributed by atoms with van der Waals surface area (Å²) in [5, 5.41) is 4.51. The van der Waals surface area contributed by atoms with Crippen molar-refractivity contribution < 1.29 is 4.39 Å². The molecule has 0 unspecified atom stereocenters. The Morgan fingerprint density at radius 1 is 1.29 bits per heavy atom. The molecule has 1 N–H and O–H groups in total. The van der Waals surface area contributed by atoms with E-state index in [1.54, 1.807) is 0 Å². The van der Waals surface area contributed by atoms with Gasteiger partial charge in [0.15, 0.2) is 10.4 Å². The predicted molar refractivity (Wildman–Crippen MR) is 83.4 cm³/mol. The van der Waals surface area contributed by atoms with Crippen LogP contribution in [0.25, 0.3) is 11.2 Å². The van der Waals surface area contributed by atoms with Gasteiger partial charge >= 0.3 is 0 Å². The van der Waals surface area contributed by atoms with Crippen LogP contribution < -0.4 is 0 Å². The van der Waals surface area contributed by atoms with E-state index in [9.17, 15) is 4.39 Å². The minimum atomic E-state index is -0.209. The summed E-state index contributed by atoms with van der Waals surface area (Å²) in [5.74, 6) is -0.209. The Balaban J connectivity index is 1.94. The SMILES string of the molecule is CCn1nc(C)c2[nH]c(=S)n(CCc3ccc(F)cc3)c21. The number of rotatable bonds is 4. The Morgan fingerprint density at radius 2 is 2.00 bits per heavy atom. The van der Waals surface area contributed by atoms with Crippen molar-refractivity contribution in [2.75, 3.05) is 0 Å². The van der Waals surface area contributed by atoms with Crippen molar-refractivity contribution in [3.63, 3.8) is 0 Å². The average molecular weight is 304 g/mol. The van der Waals surface area contributed by atoms with Gasteiger partial charge in [0.2, 0.25) is 0 Å². The molecule has 21 heavy (non-hydrogen) atoms. The zero-order valence-corrected chi connectivity index (χ0v) is 12.9. The zero-order valence-electron chi connectivity index (χ0n) is 12.1. The third-order valence-electron chi connectivity index (χ3n) is 3.67. The number of halogens is 1. The molecule has 3 rings (SSSR count). The molecular formula is C15H17FN4S. The Morgan fingerprint density at radius 3 is 2.67 bits per heavy atom. The van der Waals surface area contributed by atoms with Gasteiger partial charge in [-0.05, 0) is 50.2 Å². The molecule has 0 saturated heterocycles. The van der Waals surface area contributed by atoms with E-state index < -0.39 is 0 Å². The van der Waals surface area contributed by atoms with Gasteiger partial charge in [-0.25, -0.2) is 9.07 Å². The lowest BCUT2D eigenvalue weighted by Crippen LogP contribution is -2.07. The lowest BCUT2D eigenvalue weighted by Gasteiger charge is -2.06. The summed E-state index contributed by atoms with van der Waals surface area (Å²) in [4.78, 5) is 3.23. The van der Waals surface area contributed by atoms with Gasteiger partial charge in [0, 0.05) is 13.1 Å². The summed E-state index contributed by atoms with van der Waals surface area (Å²) in [6.07, 6.45) is 0.801. The molecule has 0 aliphatic heterocycles. The molecule has 0 atom stereocenters. The first kappa shape index (κ1) is 14.0. The minimum Gasteiger partial charge on any atom is -0.328 e. The fraction of sp³-hybridized carbons (Fsp3) is 0.333. The molecule has 2 heterocycles. The average Bonchev–Trinajstić information content (AvgIpc) is 2.96. The van der Waals surface area contributed by atoms with E-state index in [1.165, 1.54) is 12.1 Å². The highest BCUT2D eigenvalue weighted by atomic mass is 32.1. The Labute approximate surface area is 127 Å². The lowest BCUT2D eigenvalue weighted by atomic mass is 10.1. The number of benzene rings is 1. The molecule has 3 aromatic rings. The zero-order chi connectivity index (χ0) is 15.0. The smallest absolute Gasteiger partial charge is 0.179 e. The number of aromatic amines is 1. The second kappa shape index (κ2) is 5.44.